The zero-order chi connectivity index (χ0) is 11.5. The van der Waals surface area contributed by atoms with Crippen molar-refractivity contribution in [2.75, 3.05) is 5.73 Å². The Morgan fingerprint density at radius 1 is 1.44 bits per heavy atom. The summed E-state index contributed by atoms with van der Waals surface area (Å²) in [7, 11) is 0. The van der Waals surface area contributed by atoms with Gasteiger partial charge in [-0.1, -0.05) is 27.3 Å². The summed E-state index contributed by atoms with van der Waals surface area (Å²) >= 11 is 12.1. The minimum Gasteiger partial charge on any atom is -0.398 e. The average Bonchev–Trinajstić information content (AvgIpc) is 2.63. The number of nitrogens with two attached hydrogens (primary N) is 1. The van der Waals surface area contributed by atoms with E-state index in [4.69, 9.17) is 17.3 Å². The highest BCUT2D eigenvalue weighted by molar-refractivity contribution is 9.10. The number of nitrogens with zero attached hydrogens (tertiary/aromatic N) is 2. The van der Waals surface area contributed by atoms with Crippen LogP contribution in [0.2, 0.25) is 4.47 Å². The number of hydrogen-bond acceptors (Lipinski definition) is 5. The monoisotopic (exact) mass is 335 g/mol. The lowest BCUT2D eigenvalue weighted by molar-refractivity contribution is 1.04. The highest BCUT2D eigenvalue weighted by Crippen LogP contribution is 2.31. The lowest BCUT2D eigenvalue weighted by atomic mass is 10.3. The third-order valence-corrected chi connectivity index (χ3v) is 4.56. The number of hydrogen-bond donors (Lipinski definition) is 1. The van der Waals surface area contributed by atoms with E-state index in [9.17, 15) is 0 Å². The Bertz CT molecular complexity index is 503. The molecule has 0 spiro atoms. The number of nitrogen functional groups attached to an aromatic ring is 1. The lowest BCUT2D eigenvalue weighted by Crippen LogP contribution is -1.88. The maximum absolute atomic E-state index is 5.88. The predicted molar refractivity (Wildman–Crippen MR) is 73.0 cm³/mol. The third kappa shape index (κ3) is 3.10. The van der Waals surface area contributed by atoms with Gasteiger partial charge in [-0.05, 0) is 29.8 Å². The molecule has 0 radical (unpaired) electrons. The molecule has 0 unspecified atom stereocenters. The van der Waals surface area contributed by atoms with Crippen LogP contribution in [0.25, 0.3) is 0 Å². The molecular formula is C9H7BrClN3S2. The first-order chi connectivity index (χ1) is 7.65. The number of rotatable bonds is 3. The maximum Gasteiger partial charge on any atom is 0.207 e. The van der Waals surface area contributed by atoms with Crippen molar-refractivity contribution in [3.63, 3.8) is 0 Å². The topological polar surface area (TPSA) is 51.8 Å². The van der Waals surface area contributed by atoms with Crippen molar-refractivity contribution in [3.8, 4) is 0 Å². The van der Waals surface area contributed by atoms with Gasteiger partial charge in [0.2, 0.25) is 4.47 Å². The Kier molecular flexibility index (Phi) is 4.07. The predicted octanol–water partition coefficient (Wildman–Crippen LogP) is 3.83. The smallest absolute Gasteiger partial charge is 0.207 e. The summed E-state index contributed by atoms with van der Waals surface area (Å²) < 4.78 is 1.45. The first-order valence-electron chi connectivity index (χ1n) is 4.31. The molecule has 3 nitrogen and oxygen atoms in total. The molecule has 1 aromatic heterocycles. The number of halogens is 2. The molecular weight excluding hydrogens is 330 g/mol. The molecule has 7 heteroatoms. The van der Waals surface area contributed by atoms with Crippen LogP contribution in [0.5, 0.6) is 0 Å². The van der Waals surface area contributed by atoms with E-state index in [2.05, 4.69) is 26.1 Å². The van der Waals surface area contributed by atoms with Crippen molar-refractivity contribution in [2.24, 2.45) is 0 Å². The fraction of sp³-hybridized carbons (Fsp3) is 0.111. The first-order valence-corrected chi connectivity index (χ1v) is 7.28. The summed E-state index contributed by atoms with van der Waals surface area (Å²) in [6.07, 6.45) is 0. The summed E-state index contributed by atoms with van der Waals surface area (Å²) in [6, 6.07) is 5.83. The van der Waals surface area contributed by atoms with E-state index < -0.39 is 0 Å². The average molecular weight is 337 g/mol. The maximum atomic E-state index is 5.88. The second-order valence-corrected chi connectivity index (χ2v) is 6.50. The van der Waals surface area contributed by atoms with Gasteiger partial charge in [-0.3, -0.25) is 0 Å². The van der Waals surface area contributed by atoms with Crippen molar-refractivity contribution < 1.29 is 0 Å². The molecule has 16 heavy (non-hydrogen) atoms. The minimum absolute atomic E-state index is 0.472. The summed E-state index contributed by atoms with van der Waals surface area (Å²) in [4.78, 5) is 1.04. The Balaban J connectivity index is 2.04. The highest BCUT2D eigenvalue weighted by atomic mass is 79.9. The van der Waals surface area contributed by atoms with Gasteiger partial charge in [0.1, 0.15) is 5.01 Å². The number of benzene rings is 1. The van der Waals surface area contributed by atoms with E-state index in [0.717, 1.165) is 25.8 Å². The standard InChI is InChI=1S/C9H7BrClN3S2/c10-5-1-2-7(6(12)3-5)15-4-8-13-14-9(11)16-8/h1-3H,4,12H2. The van der Waals surface area contributed by atoms with E-state index in [0.29, 0.717) is 4.47 Å². The molecule has 1 heterocycles. The first kappa shape index (κ1) is 12.2. The van der Waals surface area contributed by atoms with Gasteiger partial charge >= 0.3 is 0 Å². The van der Waals surface area contributed by atoms with Crippen LogP contribution in [0.15, 0.2) is 27.6 Å². The fourth-order valence-electron chi connectivity index (χ4n) is 1.08. The van der Waals surface area contributed by atoms with Crippen molar-refractivity contribution in [1.82, 2.24) is 10.2 Å². The molecule has 84 valence electrons. The van der Waals surface area contributed by atoms with Gasteiger partial charge in [0.25, 0.3) is 0 Å². The van der Waals surface area contributed by atoms with Gasteiger partial charge in [0.05, 0.1) is 5.75 Å². The van der Waals surface area contributed by atoms with E-state index in [1.54, 1.807) is 11.8 Å². The van der Waals surface area contributed by atoms with Gasteiger partial charge in [0.15, 0.2) is 0 Å². The van der Waals surface area contributed by atoms with Gasteiger partial charge in [-0.15, -0.1) is 22.0 Å². The Labute approximate surface area is 115 Å². The van der Waals surface area contributed by atoms with Crippen molar-refractivity contribution in [1.29, 1.82) is 0 Å². The van der Waals surface area contributed by atoms with Crippen LogP contribution >= 0.6 is 50.6 Å². The van der Waals surface area contributed by atoms with Crippen molar-refractivity contribution >= 4 is 56.3 Å². The summed E-state index contributed by atoms with van der Waals surface area (Å²) in [5.41, 5.74) is 6.64. The SMILES string of the molecule is Nc1cc(Br)ccc1SCc1nnc(Cl)s1. The summed E-state index contributed by atoms with van der Waals surface area (Å²) in [5.74, 6) is 0.732. The number of thioether (sulfide) groups is 1. The molecule has 0 aliphatic rings. The van der Waals surface area contributed by atoms with E-state index >= 15 is 0 Å². The third-order valence-electron chi connectivity index (χ3n) is 1.77. The summed E-state index contributed by atoms with van der Waals surface area (Å²) in [6.45, 7) is 0. The van der Waals surface area contributed by atoms with Gasteiger partial charge in [-0.25, -0.2) is 0 Å². The molecule has 2 rings (SSSR count). The van der Waals surface area contributed by atoms with Crippen LogP contribution in [0.4, 0.5) is 5.69 Å². The molecule has 0 aliphatic heterocycles. The zero-order valence-corrected chi connectivity index (χ0v) is 12.0. The van der Waals surface area contributed by atoms with Crippen LogP contribution in [0, 0.1) is 0 Å². The van der Waals surface area contributed by atoms with Crippen molar-refractivity contribution in [2.45, 2.75) is 10.6 Å². The van der Waals surface area contributed by atoms with Gasteiger partial charge < -0.3 is 5.73 Å². The normalized spacial score (nSPS) is 10.6. The fourth-order valence-corrected chi connectivity index (χ4v) is 3.26. The molecule has 0 bridgehead atoms. The van der Waals surface area contributed by atoms with Gasteiger partial charge in [0, 0.05) is 15.1 Å². The van der Waals surface area contributed by atoms with E-state index in [-0.39, 0.29) is 0 Å². The second kappa shape index (κ2) is 5.35. The molecule has 0 saturated heterocycles. The molecule has 0 atom stereocenters. The lowest BCUT2D eigenvalue weighted by Gasteiger charge is -2.03. The highest BCUT2D eigenvalue weighted by Gasteiger charge is 2.05. The molecule has 1 aromatic carbocycles. The molecule has 2 aromatic rings. The van der Waals surface area contributed by atoms with Crippen LogP contribution in [0.3, 0.4) is 0 Å². The Hall–Kier alpha value is -0.300. The quantitative estimate of drug-likeness (QED) is 0.683. The van der Waals surface area contributed by atoms with Gasteiger partial charge in [-0.2, -0.15) is 0 Å². The number of aromatic nitrogens is 2. The molecule has 0 aliphatic carbocycles. The van der Waals surface area contributed by atoms with Crippen LogP contribution in [0.1, 0.15) is 5.01 Å². The van der Waals surface area contributed by atoms with E-state index in [1.807, 2.05) is 18.2 Å². The minimum atomic E-state index is 0.472. The Morgan fingerprint density at radius 2 is 2.25 bits per heavy atom. The number of anilines is 1. The molecule has 0 amide bonds. The molecule has 0 saturated carbocycles. The summed E-state index contributed by atoms with van der Waals surface area (Å²) in [5, 5.41) is 8.59. The molecule has 2 N–H and O–H groups in total. The largest absolute Gasteiger partial charge is 0.398 e. The van der Waals surface area contributed by atoms with E-state index in [1.165, 1.54) is 11.3 Å². The van der Waals surface area contributed by atoms with Crippen LogP contribution in [-0.4, -0.2) is 10.2 Å². The Morgan fingerprint density at radius 3 is 2.88 bits per heavy atom. The second-order valence-electron chi connectivity index (χ2n) is 2.92. The van der Waals surface area contributed by atoms with Crippen LogP contribution in [-0.2, 0) is 5.75 Å². The molecule has 0 fully saturated rings. The van der Waals surface area contributed by atoms with Crippen molar-refractivity contribution in [3.05, 3.63) is 32.1 Å². The zero-order valence-electron chi connectivity index (χ0n) is 7.98. The van der Waals surface area contributed by atoms with Crippen LogP contribution < -0.4 is 5.73 Å².